The lowest BCUT2D eigenvalue weighted by molar-refractivity contribution is 0.122. The Morgan fingerprint density at radius 3 is 2.61 bits per heavy atom. The van der Waals surface area contributed by atoms with Crippen molar-refractivity contribution >= 4 is 17.7 Å². The number of hydrogen-bond acceptors (Lipinski definition) is 9. The van der Waals surface area contributed by atoms with Crippen LogP contribution in [-0.2, 0) is 11.2 Å². The molecule has 144 valence electrons. The van der Waals surface area contributed by atoms with Crippen molar-refractivity contribution in [3.8, 4) is 11.4 Å². The van der Waals surface area contributed by atoms with Crippen molar-refractivity contribution in [2.24, 2.45) is 0 Å². The van der Waals surface area contributed by atoms with E-state index in [1.165, 1.54) is 5.56 Å². The quantitative estimate of drug-likeness (QED) is 0.656. The van der Waals surface area contributed by atoms with Crippen LogP contribution in [0.4, 0.5) is 17.7 Å². The van der Waals surface area contributed by atoms with E-state index in [1.54, 1.807) is 24.7 Å². The van der Waals surface area contributed by atoms with Crippen molar-refractivity contribution in [1.82, 2.24) is 24.9 Å². The first-order valence-electron chi connectivity index (χ1n) is 9.21. The molecule has 4 rings (SSSR count). The number of nitrogens with zero attached hydrogens (tertiary/aromatic N) is 6. The Morgan fingerprint density at radius 1 is 1.04 bits per heavy atom. The van der Waals surface area contributed by atoms with E-state index in [9.17, 15) is 0 Å². The first kappa shape index (κ1) is 18.1. The van der Waals surface area contributed by atoms with Gasteiger partial charge in [-0.1, -0.05) is 0 Å². The number of nitrogen functional groups attached to an aromatic ring is 1. The molecule has 28 heavy (non-hydrogen) atoms. The SMILES string of the molecule is Nc1ccc(-c2nc(NCCc3ccncc3)nc(N3CCOCC3)n2)cn1. The molecule has 0 aromatic carbocycles. The molecule has 1 saturated heterocycles. The van der Waals surface area contributed by atoms with Crippen molar-refractivity contribution < 1.29 is 4.74 Å². The Kier molecular flexibility index (Phi) is 5.53. The number of morpholine rings is 1. The molecule has 3 aromatic heterocycles. The summed E-state index contributed by atoms with van der Waals surface area (Å²) in [4.78, 5) is 24.1. The fraction of sp³-hybridized carbons (Fsp3) is 0.316. The van der Waals surface area contributed by atoms with Gasteiger partial charge in [0.05, 0.1) is 13.2 Å². The number of nitrogens with two attached hydrogens (primary N) is 1. The predicted molar refractivity (Wildman–Crippen MR) is 107 cm³/mol. The number of aromatic nitrogens is 5. The van der Waals surface area contributed by atoms with E-state index in [0.29, 0.717) is 43.3 Å². The molecule has 0 bridgehead atoms. The lowest BCUT2D eigenvalue weighted by Crippen LogP contribution is -2.37. The van der Waals surface area contributed by atoms with Crippen LogP contribution in [0, 0.1) is 0 Å². The van der Waals surface area contributed by atoms with Crippen LogP contribution in [0.15, 0.2) is 42.9 Å². The Morgan fingerprint density at radius 2 is 1.86 bits per heavy atom. The Bertz CT molecular complexity index is 898. The maximum absolute atomic E-state index is 5.70. The van der Waals surface area contributed by atoms with Gasteiger partial charge in [0.15, 0.2) is 5.82 Å². The summed E-state index contributed by atoms with van der Waals surface area (Å²) in [5.41, 5.74) is 7.70. The average molecular weight is 378 g/mol. The summed E-state index contributed by atoms with van der Waals surface area (Å²) >= 11 is 0. The molecule has 9 heteroatoms. The first-order valence-corrected chi connectivity index (χ1v) is 9.21. The van der Waals surface area contributed by atoms with Gasteiger partial charge in [0.1, 0.15) is 5.82 Å². The molecule has 0 unspecified atom stereocenters. The van der Waals surface area contributed by atoms with Gasteiger partial charge in [0.2, 0.25) is 11.9 Å². The summed E-state index contributed by atoms with van der Waals surface area (Å²) in [5, 5.41) is 3.31. The van der Waals surface area contributed by atoms with Crippen molar-refractivity contribution in [3.63, 3.8) is 0 Å². The highest BCUT2D eigenvalue weighted by atomic mass is 16.5. The number of rotatable bonds is 6. The molecule has 1 fully saturated rings. The zero-order chi connectivity index (χ0) is 19.2. The van der Waals surface area contributed by atoms with Gasteiger partial charge < -0.3 is 20.7 Å². The van der Waals surface area contributed by atoms with Gasteiger partial charge in [0, 0.05) is 43.8 Å². The summed E-state index contributed by atoms with van der Waals surface area (Å²) in [6, 6.07) is 7.60. The molecule has 0 saturated carbocycles. The van der Waals surface area contributed by atoms with Gasteiger partial charge in [-0.15, -0.1) is 0 Å². The maximum atomic E-state index is 5.70. The minimum atomic E-state index is 0.460. The van der Waals surface area contributed by atoms with Crippen LogP contribution in [0.3, 0.4) is 0 Å². The Hall–Kier alpha value is -3.33. The van der Waals surface area contributed by atoms with E-state index in [1.807, 2.05) is 18.2 Å². The van der Waals surface area contributed by atoms with Crippen LogP contribution in [-0.4, -0.2) is 57.8 Å². The van der Waals surface area contributed by atoms with Crippen LogP contribution in [0.2, 0.25) is 0 Å². The minimum absolute atomic E-state index is 0.460. The number of pyridine rings is 2. The van der Waals surface area contributed by atoms with E-state index in [0.717, 1.165) is 25.1 Å². The zero-order valence-corrected chi connectivity index (χ0v) is 15.5. The van der Waals surface area contributed by atoms with Crippen LogP contribution in [0.1, 0.15) is 5.56 Å². The highest BCUT2D eigenvalue weighted by Crippen LogP contribution is 2.20. The van der Waals surface area contributed by atoms with E-state index < -0.39 is 0 Å². The Labute approximate surface area is 163 Å². The fourth-order valence-electron chi connectivity index (χ4n) is 2.88. The zero-order valence-electron chi connectivity index (χ0n) is 15.5. The summed E-state index contributed by atoms with van der Waals surface area (Å²) in [5.74, 6) is 2.20. The standard InChI is InChI=1S/C19H22N8O/c20-16-2-1-15(13-23-16)17-24-18(22-8-5-14-3-6-21-7-4-14)26-19(25-17)27-9-11-28-12-10-27/h1-4,6-7,13H,5,8-12H2,(H2,20,23)(H,22,24,25,26). The molecular formula is C19H22N8O. The third kappa shape index (κ3) is 4.49. The number of hydrogen-bond donors (Lipinski definition) is 2. The monoisotopic (exact) mass is 378 g/mol. The smallest absolute Gasteiger partial charge is 0.230 e. The molecule has 3 aromatic rings. The van der Waals surface area contributed by atoms with Crippen LogP contribution < -0.4 is 16.0 Å². The largest absolute Gasteiger partial charge is 0.384 e. The fourth-order valence-corrected chi connectivity index (χ4v) is 2.88. The molecular weight excluding hydrogens is 356 g/mol. The highest BCUT2D eigenvalue weighted by molar-refractivity contribution is 5.58. The van der Waals surface area contributed by atoms with Gasteiger partial charge in [-0.05, 0) is 36.2 Å². The normalized spacial score (nSPS) is 14.1. The van der Waals surface area contributed by atoms with E-state index >= 15 is 0 Å². The van der Waals surface area contributed by atoms with Crippen LogP contribution in [0.5, 0.6) is 0 Å². The van der Waals surface area contributed by atoms with Gasteiger partial charge >= 0.3 is 0 Å². The molecule has 4 heterocycles. The summed E-state index contributed by atoms with van der Waals surface area (Å²) < 4.78 is 5.44. The average Bonchev–Trinajstić information content (AvgIpc) is 2.75. The number of nitrogens with one attached hydrogen (secondary N) is 1. The second-order valence-corrected chi connectivity index (χ2v) is 6.39. The molecule has 9 nitrogen and oxygen atoms in total. The van der Waals surface area contributed by atoms with E-state index in [2.05, 4.69) is 35.1 Å². The molecule has 0 aliphatic carbocycles. The van der Waals surface area contributed by atoms with Gasteiger partial charge in [-0.3, -0.25) is 4.98 Å². The molecule has 0 atom stereocenters. The van der Waals surface area contributed by atoms with Gasteiger partial charge in [-0.2, -0.15) is 15.0 Å². The van der Waals surface area contributed by atoms with Crippen molar-refractivity contribution in [2.75, 3.05) is 48.8 Å². The summed E-state index contributed by atoms with van der Waals surface area (Å²) in [6.45, 7) is 3.53. The van der Waals surface area contributed by atoms with Crippen LogP contribution >= 0.6 is 0 Å². The maximum Gasteiger partial charge on any atom is 0.230 e. The molecule has 1 aliphatic rings. The molecule has 1 aliphatic heterocycles. The van der Waals surface area contributed by atoms with E-state index in [-0.39, 0.29) is 0 Å². The first-order chi connectivity index (χ1) is 13.8. The van der Waals surface area contributed by atoms with Crippen LogP contribution in [0.25, 0.3) is 11.4 Å². The lowest BCUT2D eigenvalue weighted by atomic mass is 10.2. The predicted octanol–water partition coefficient (Wildman–Crippen LogP) is 1.40. The Balaban J connectivity index is 1.56. The minimum Gasteiger partial charge on any atom is -0.384 e. The highest BCUT2D eigenvalue weighted by Gasteiger charge is 2.17. The molecule has 0 amide bonds. The molecule has 3 N–H and O–H groups in total. The second-order valence-electron chi connectivity index (χ2n) is 6.39. The number of ether oxygens (including phenoxy) is 1. The number of anilines is 3. The topological polar surface area (TPSA) is 115 Å². The second kappa shape index (κ2) is 8.57. The molecule has 0 radical (unpaired) electrons. The summed E-state index contributed by atoms with van der Waals surface area (Å²) in [6.07, 6.45) is 6.11. The lowest BCUT2D eigenvalue weighted by Gasteiger charge is -2.27. The van der Waals surface area contributed by atoms with Gasteiger partial charge in [0.25, 0.3) is 0 Å². The van der Waals surface area contributed by atoms with E-state index in [4.69, 9.17) is 10.5 Å². The van der Waals surface area contributed by atoms with Crippen molar-refractivity contribution in [3.05, 3.63) is 48.4 Å². The third-order valence-electron chi connectivity index (χ3n) is 4.41. The van der Waals surface area contributed by atoms with Crippen molar-refractivity contribution in [1.29, 1.82) is 0 Å². The third-order valence-corrected chi connectivity index (χ3v) is 4.41. The molecule has 0 spiro atoms. The summed E-state index contributed by atoms with van der Waals surface area (Å²) in [7, 11) is 0. The van der Waals surface area contributed by atoms with Gasteiger partial charge in [-0.25, -0.2) is 4.98 Å². The van der Waals surface area contributed by atoms with Crippen molar-refractivity contribution in [2.45, 2.75) is 6.42 Å².